The van der Waals surface area contributed by atoms with Crippen LogP contribution in [-0.2, 0) is 4.74 Å². The van der Waals surface area contributed by atoms with Crippen LogP contribution in [0.1, 0.15) is 61.0 Å². The molecule has 0 amide bonds. The molecule has 0 spiro atoms. The Morgan fingerprint density at radius 2 is 1.76 bits per heavy atom. The van der Waals surface area contributed by atoms with Gasteiger partial charge in [0.1, 0.15) is 13.2 Å². The third-order valence-electron chi connectivity index (χ3n) is 3.16. The molecule has 1 aromatic rings. The smallest absolute Gasteiger partial charge is 0.364 e. The van der Waals surface area contributed by atoms with E-state index in [1.807, 2.05) is 39.8 Å². The van der Waals surface area contributed by atoms with Gasteiger partial charge in [-0.2, -0.15) is 13.2 Å². The van der Waals surface area contributed by atoms with E-state index in [0.29, 0.717) is 11.5 Å². The Morgan fingerprint density at radius 1 is 1.14 bits per heavy atom. The lowest BCUT2D eigenvalue weighted by Crippen LogP contribution is -2.21. The van der Waals surface area contributed by atoms with Crippen molar-refractivity contribution in [1.29, 1.82) is 0 Å². The number of ketones is 1. The van der Waals surface area contributed by atoms with Crippen LogP contribution in [0.15, 0.2) is 18.2 Å². The number of rotatable bonds is 6. The number of hydrogen-bond donors (Lipinski definition) is 0. The summed E-state index contributed by atoms with van der Waals surface area (Å²) in [6.07, 6.45) is -4.41. The Balaban J connectivity index is 2.88. The molecule has 0 bridgehead atoms. The van der Waals surface area contributed by atoms with Gasteiger partial charge < -0.3 is 4.74 Å². The molecule has 0 unspecified atom stereocenters. The van der Waals surface area contributed by atoms with E-state index in [-0.39, 0.29) is 5.92 Å². The van der Waals surface area contributed by atoms with Gasteiger partial charge in [-0.3, -0.25) is 4.79 Å². The molecule has 2 nitrogen and oxygen atoms in total. The Labute approximate surface area is 123 Å². The normalized spacial score (nSPS) is 12.2. The molecule has 21 heavy (non-hydrogen) atoms. The summed E-state index contributed by atoms with van der Waals surface area (Å²) >= 11 is 0. The highest BCUT2D eigenvalue weighted by atomic mass is 19.4. The molecule has 0 saturated carbocycles. The largest absolute Gasteiger partial charge is 0.411 e. The number of hydrogen-bond acceptors (Lipinski definition) is 2. The maximum absolute atomic E-state index is 12.0. The molecule has 0 fully saturated rings. The Bertz CT molecular complexity index is 491. The van der Waals surface area contributed by atoms with Crippen molar-refractivity contribution < 1.29 is 22.7 Å². The average Bonchev–Trinajstić information content (AvgIpc) is 2.36. The second-order valence-electron chi connectivity index (χ2n) is 5.69. The van der Waals surface area contributed by atoms with E-state index in [0.717, 1.165) is 11.1 Å². The quantitative estimate of drug-likeness (QED) is 0.712. The lowest BCUT2D eigenvalue weighted by Gasteiger charge is -2.16. The van der Waals surface area contributed by atoms with Gasteiger partial charge in [-0.25, -0.2) is 0 Å². The first kappa shape index (κ1) is 17.7. The fourth-order valence-electron chi connectivity index (χ4n) is 2.01. The summed E-state index contributed by atoms with van der Waals surface area (Å²) in [5.74, 6) is 0.0247. The molecular formula is C16H21F3O2. The highest BCUT2D eigenvalue weighted by Crippen LogP contribution is 2.25. The minimum Gasteiger partial charge on any atom is -0.364 e. The Morgan fingerprint density at radius 3 is 2.24 bits per heavy atom. The van der Waals surface area contributed by atoms with Gasteiger partial charge in [0, 0.05) is 5.56 Å². The fourth-order valence-corrected chi connectivity index (χ4v) is 2.01. The van der Waals surface area contributed by atoms with Crippen LogP contribution in [0.5, 0.6) is 0 Å². The summed E-state index contributed by atoms with van der Waals surface area (Å²) in [7, 11) is 0. The topological polar surface area (TPSA) is 26.3 Å². The third kappa shape index (κ3) is 5.50. The van der Waals surface area contributed by atoms with E-state index in [2.05, 4.69) is 4.74 Å². The second kappa shape index (κ2) is 7.07. The molecule has 0 aliphatic rings. The molecular weight excluding hydrogens is 281 g/mol. The minimum absolute atomic E-state index is 0.116. The van der Waals surface area contributed by atoms with Gasteiger partial charge in [-0.15, -0.1) is 0 Å². The van der Waals surface area contributed by atoms with Gasteiger partial charge in [0.2, 0.25) is 0 Å². The van der Waals surface area contributed by atoms with Crippen molar-refractivity contribution in [3.8, 4) is 0 Å². The number of alkyl halides is 3. The van der Waals surface area contributed by atoms with Crippen molar-refractivity contribution in [3.05, 3.63) is 34.9 Å². The van der Waals surface area contributed by atoms with Gasteiger partial charge in [0.25, 0.3) is 0 Å². The van der Waals surface area contributed by atoms with Crippen LogP contribution in [0.3, 0.4) is 0 Å². The third-order valence-corrected chi connectivity index (χ3v) is 3.16. The van der Waals surface area contributed by atoms with Crippen LogP contribution in [-0.4, -0.2) is 25.2 Å². The molecule has 0 N–H and O–H groups in total. The number of carbonyl (C=O) groups excluding carboxylic acids is 1. The van der Waals surface area contributed by atoms with Gasteiger partial charge in [-0.05, 0) is 23.0 Å². The van der Waals surface area contributed by atoms with Crippen molar-refractivity contribution in [2.75, 3.05) is 13.2 Å². The fraction of sp³-hybridized carbons (Fsp3) is 0.562. The van der Waals surface area contributed by atoms with E-state index in [1.54, 1.807) is 6.07 Å². The monoisotopic (exact) mass is 302 g/mol. The first-order valence-electron chi connectivity index (χ1n) is 6.93. The number of Topliss-reactive ketones (excluding diaryl/α,β-unsaturated/α-hetero) is 1. The zero-order valence-electron chi connectivity index (χ0n) is 12.8. The summed E-state index contributed by atoms with van der Waals surface area (Å²) in [5.41, 5.74) is 2.39. The molecule has 5 heteroatoms. The van der Waals surface area contributed by atoms with Gasteiger partial charge in [0.15, 0.2) is 5.78 Å². The van der Waals surface area contributed by atoms with Gasteiger partial charge in [-0.1, -0.05) is 45.9 Å². The van der Waals surface area contributed by atoms with E-state index >= 15 is 0 Å². The van der Waals surface area contributed by atoms with Crippen LogP contribution in [0.25, 0.3) is 0 Å². The van der Waals surface area contributed by atoms with Crippen LogP contribution in [0, 0.1) is 0 Å². The summed E-state index contributed by atoms with van der Waals surface area (Å²) in [6.45, 7) is 6.04. The molecule has 0 aliphatic heterocycles. The predicted octanol–water partition coefficient (Wildman–Crippen LogP) is 4.70. The molecule has 0 aliphatic carbocycles. The predicted molar refractivity (Wildman–Crippen MR) is 75.8 cm³/mol. The zero-order valence-corrected chi connectivity index (χ0v) is 12.8. The Kier molecular flexibility index (Phi) is 5.96. The maximum atomic E-state index is 12.0. The first-order chi connectivity index (χ1) is 9.61. The first-order valence-corrected chi connectivity index (χ1v) is 6.93. The van der Waals surface area contributed by atoms with E-state index in [9.17, 15) is 18.0 Å². The van der Waals surface area contributed by atoms with Crippen LogP contribution in [0.4, 0.5) is 13.2 Å². The molecule has 1 aromatic carbocycles. The lowest BCUT2D eigenvalue weighted by molar-refractivity contribution is -0.170. The van der Waals surface area contributed by atoms with Crippen LogP contribution in [0.2, 0.25) is 0 Å². The minimum atomic E-state index is -4.41. The summed E-state index contributed by atoms with van der Waals surface area (Å²) < 4.78 is 40.5. The second-order valence-corrected chi connectivity index (χ2v) is 5.69. The molecule has 0 heterocycles. The highest BCUT2D eigenvalue weighted by Gasteiger charge is 2.28. The molecule has 0 aromatic heterocycles. The summed E-state index contributed by atoms with van der Waals surface area (Å²) in [4.78, 5) is 12.0. The van der Waals surface area contributed by atoms with E-state index < -0.39 is 25.2 Å². The van der Waals surface area contributed by atoms with Crippen molar-refractivity contribution in [1.82, 2.24) is 0 Å². The van der Waals surface area contributed by atoms with Crippen molar-refractivity contribution in [2.24, 2.45) is 0 Å². The summed E-state index contributed by atoms with van der Waals surface area (Å²) in [6, 6.07) is 5.48. The summed E-state index contributed by atoms with van der Waals surface area (Å²) in [5, 5.41) is 0. The van der Waals surface area contributed by atoms with Gasteiger partial charge >= 0.3 is 6.18 Å². The Hall–Kier alpha value is -1.36. The van der Waals surface area contributed by atoms with Crippen molar-refractivity contribution >= 4 is 5.78 Å². The average molecular weight is 302 g/mol. The number of benzene rings is 1. The molecule has 0 saturated heterocycles. The lowest BCUT2D eigenvalue weighted by atomic mass is 9.90. The van der Waals surface area contributed by atoms with Crippen molar-refractivity contribution in [3.63, 3.8) is 0 Å². The number of ether oxygens (including phenoxy) is 1. The van der Waals surface area contributed by atoms with Crippen molar-refractivity contribution in [2.45, 2.75) is 45.7 Å². The van der Waals surface area contributed by atoms with E-state index in [4.69, 9.17) is 0 Å². The SMILES string of the molecule is CC(C)c1ccc(C(=O)COCC(F)(F)F)c(C(C)C)c1. The van der Waals surface area contributed by atoms with Crippen LogP contribution < -0.4 is 0 Å². The maximum Gasteiger partial charge on any atom is 0.411 e. The highest BCUT2D eigenvalue weighted by molar-refractivity contribution is 5.98. The van der Waals surface area contributed by atoms with E-state index in [1.165, 1.54) is 0 Å². The molecule has 1 rings (SSSR count). The molecule has 0 radical (unpaired) electrons. The standard InChI is InChI=1S/C16H21F3O2/c1-10(2)12-5-6-13(14(7-12)11(3)4)15(20)8-21-9-16(17,18)19/h5-7,10-11H,8-9H2,1-4H3. The zero-order chi connectivity index (χ0) is 16.2. The molecule has 0 atom stereocenters. The number of carbonyl (C=O) groups is 1. The molecule has 118 valence electrons. The number of halogens is 3. The van der Waals surface area contributed by atoms with Gasteiger partial charge in [0.05, 0.1) is 0 Å². The van der Waals surface area contributed by atoms with Crippen LogP contribution >= 0.6 is 0 Å².